The van der Waals surface area contributed by atoms with Gasteiger partial charge in [-0.25, -0.2) is 0 Å². The molecule has 92 valence electrons. The number of hydrogen-bond acceptors (Lipinski definition) is 4. The molecule has 0 spiro atoms. The number of hydrogen-bond donors (Lipinski definition) is 1. The highest BCUT2D eigenvalue weighted by atomic mass is 35.5. The van der Waals surface area contributed by atoms with E-state index in [0.717, 1.165) is 27.1 Å². The molecule has 3 nitrogen and oxygen atoms in total. The van der Waals surface area contributed by atoms with Gasteiger partial charge in [-0.15, -0.1) is 11.3 Å². The summed E-state index contributed by atoms with van der Waals surface area (Å²) in [5.74, 6) is 0.804. The van der Waals surface area contributed by atoms with E-state index in [2.05, 4.69) is 31.2 Å². The van der Waals surface area contributed by atoms with Crippen molar-refractivity contribution in [1.29, 1.82) is 0 Å². The van der Waals surface area contributed by atoms with Crippen LogP contribution in [0.2, 0.25) is 4.34 Å². The largest absolute Gasteiger partial charge is 0.355 e. The fraction of sp³-hybridized carbons (Fsp3) is 0.417. The van der Waals surface area contributed by atoms with Gasteiger partial charge in [-0.05, 0) is 32.9 Å². The van der Waals surface area contributed by atoms with Gasteiger partial charge < -0.3 is 9.84 Å². The van der Waals surface area contributed by atoms with Crippen LogP contribution in [-0.4, -0.2) is 10.7 Å². The van der Waals surface area contributed by atoms with Crippen LogP contribution in [0.3, 0.4) is 0 Å². The summed E-state index contributed by atoms with van der Waals surface area (Å²) in [5, 5.41) is 7.27. The molecule has 0 aliphatic rings. The molecule has 0 radical (unpaired) electrons. The van der Waals surface area contributed by atoms with E-state index in [-0.39, 0.29) is 5.54 Å². The van der Waals surface area contributed by atoms with Gasteiger partial charge in [-0.3, -0.25) is 0 Å². The van der Waals surface area contributed by atoms with Crippen LogP contribution in [0.4, 0.5) is 0 Å². The molecule has 0 bridgehead atoms. The molecular weight excluding hydrogens is 256 g/mol. The van der Waals surface area contributed by atoms with E-state index in [9.17, 15) is 0 Å². The molecule has 0 aliphatic heterocycles. The molecule has 2 aromatic heterocycles. The van der Waals surface area contributed by atoms with E-state index in [1.54, 1.807) is 6.20 Å². The van der Waals surface area contributed by atoms with Crippen molar-refractivity contribution in [2.45, 2.75) is 32.9 Å². The maximum Gasteiger partial charge on any atom is 0.181 e. The predicted molar refractivity (Wildman–Crippen MR) is 71.4 cm³/mol. The zero-order chi connectivity index (χ0) is 12.5. The summed E-state index contributed by atoms with van der Waals surface area (Å²) < 4.78 is 6.05. The smallest absolute Gasteiger partial charge is 0.181 e. The highest BCUT2D eigenvalue weighted by Gasteiger charge is 2.15. The molecule has 0 aromatic carbocycles. The minimum Gasteiger partial charge on any atom is -0.355 e. The van der Waals surface area contributed by atoms with Gasteiger partial charge in [0.15, 0.2) is 5.76 Å². The second-order valence-electron chi connectivity index (χ2n) is 4.89. The lowest BCUT2D eigenvalue weighted by molar-refractivity contribution is 0.419. The van der Waals surface area contributed by atoms with Crippen LogP contribution in [0, 0.1) is 0 Å². The molecule has 2 aromatic rings. The lowest BCUT2D eigenvalue weighted by Gasteiger charge is -2.19. The zero-order valence-electron chi connectivity index (χ0n) is 10.1. The number of aromatic nitrogens is 1. The number of nitrogens with one attached hydrogen (secondary N) is 1. The summed E-state index contributed by atoms with van der Waals surface area (Å²) in [6.45, 7) is 7.12. The molecule has 0 aliphatic carbocycles. The molecule has 17 heavy (non-hydrogen) atoms. The van der Waals surface area contributed by atoms with E-state index < -0.39 is 0 Å². The molecular formula is C12H15ClN2OS. The SMILES string of the molecule is CC(C)(C)NCc1cnoc1-c1ccc(Cl)s1. The topological polar surface area (TPSA) is 38.1 Å². The molecule has 5 heteroatoms. The molecule has 0 saturated carbocycles. The molecule has 0 unspecified atom stereocenters. The van der Waals surface area contributed by atoms with E-state index in [0.29, 0.717) is 0 Å². The lowest BCUT2D eigenvalue weighted by atomic mass is 10.1. The Morgan fingerprint density at radius 3 is 2.76 bits per heavy atom. The third-order valence-corrected chi connectivity index (χ3v) is 3.48. The standard InChI is InChI=1S/C12H15ClN2OS/c1-12(2,3)14-6-8-7-15-16-11(8)9-4-5-10(13)17-9/h4-5,7,14H,6H2,1-3H3. The first kappa shape index (κ1) is 12.6. The van der Waals surface area contributed by atoms with E-state index in [1.165, 1.54) is 11.3 Å². The summed E-state index contributed by atoms with van der Waals surface area (Å²) >= 11 is 7.42. The van der Waals surface area contributed by atoms with Gasteiger partial charge in [0, 0.05) is 17.6 Å². The second-order valence-corrected chi connectivity index (χ2v) is 6.60. The first-order chi connectivity index (χ1) is 7.96. The Morgan fingerprint density at radius 1 is 1.41 bits per heavy atom. The van der Waals surface area contributed by atoms with Gasteiger partial charge in [-0.2, -0.15) is 0 Å². The molecule has 0 fully saturated rings. The van der Waals surface area contributed by atoms with Crippen molar-refractivity contribution >= 4 is 22.9 Å². The van der Waals surface area contributed by atoms with Gasteiger partial charge in [0.2, 0.25) is 0 Å². The van der Waals surface area contributed by atoms with Gasteiger partial charge in [-0.1, -0.05) is 16.8 Å². The third-order valence-electron chi connectivity index (χ3n) is 2.25. The molecule has 2 rings (SSSR count). The fourth-order valence-corrected chi connectivity index (χ4v) is 2.44. The van der Waals surface area contributed by atoms with Crippen LogP contribution >= 0.6 is 22.9 Å². The van der Waals surface area contributed by atoms with Crippen LogP contribution in [0.1, 0.15) is 26.3 Å². The van der Waals surface area contributed by atoms with Crippen molar-refractivity contribution in [3.05, 3.63) is 28.2 Å². The van der Waals surface area contributed by atoms with Crippen molar-refractivity contribution in [3.63, 3.8) is 0 Å². The summed E-state index contributed by atoms with van der Waals surface area (Å²) in [7, 11) is 0. The average molecular weight is 271 g/mol. The molecule has 0 amide bonds. The second kappa shape index (κ2) is 4.80. The summed E-state index contributed by atoms with van der Waals surface area (Å²) in [4.78, 5) is 1.01. The Kier molecular flexibility index (Phi) is 3.56. The minimum absolute atomic E-state index is 0.0711. The molecule has 1 N–H and O–H groups in total. The lowest BCUT2D eigenvalue weighted by Crippen LogP contribution is -2.35. The summed E-state index contributed by atoms with van der Waals surface area (Å²) in [5.41, 5.74) is 1.13. The van der Waals surface area contributed by atoms with E-state index in [1.807, 2.05) is 12.1 Å². The normalized spacial score (nSPS) is 12.0. The zero-order valence-corrected chi connectivity index (χ0v) is 11.7. The van der Waals surface area contributed by atoms with Crippen molar-refractivity contribution in [2.24, 2.45) is 0 Å². The van der Waals surface area contributed by atoms with Gasteiger partial charge in [0.25, 0.3) is 0 Å². The molecule has 0 atom stereocenters. The maximum atomic E-state index is 5.92. The monoisotopic (exact) mass is 270 g/mol. The number of halogens is 1. The average Bonchev–Trinajstić information content (AvgIpc) is 2.81. The Labute approximate surface area is 110 Å². The third kappa shape index (κ3) is 3.31. The predicted octanol–water partition coefficient (Wildman–Crippen LogP) is 3.94. The van der Waals surface area contributed by atoms with Gasteiger partial charge in [0.05, 0.1) is 15.4 Å². The molecule has 0 saturated heterocycles. The summed E-state index contributed by atoms with van der Waals surface area (Å²) in [6.07, 6.45) is 1.75. The van der Waals surface area contributed by atoms with Crippen molar-refractivity contribution in [1.82, 2.24) is 10.5 Å². The number of nitrogens with zero attached hydrogens (tertiary/aromatic N) is 1. The Bertz CT molecular complexity index is 499. The van der Waals surface area contributed by atoms with Crippen molar-refractivity contribution < 1.29 is 4.52 Å². The fourth-order valence-electron chi connectivity index (χ4n) is 1.39. The van der Waals surface area contributed by atoms with Crippen molar-refractivity contribution in [2.75, 3.05) is 0 Å². The highest BCUT2D eigenvalue weighted by Crippen LogP contribution is 2.33. The maximum absolute atomic E-state index is 5.92. The Balaban J connectivity index is 2.17. The van der Waals surface area contributed by atoms with Gasteiger partial charge in [0.1, 0.15) is 0 Å². The van der Waals surface area contributed by atoms with E-state index in [4.69, 9.17) is 16.1 Å². The Morgan fingerprint density at radius 2 is 2.18 bits per heavy atom. The summed E-state index contributed by atoms with van der Waals surface area (Å²) in [6, 6.07) is 3.82. The van der Waals surface area contributed by atoms with Crippen molar-refractivity contribution in [3.8, 4) is 10.6 Å². The first-order valence-electron chi connectivity index (χ1n) is 5.40. The van der Waals surface area contributed by atoms with Crippen LogP contribution in [0.15, 0.2) is 22.9 Å². The minimum atomic E-state index is 0.0711. The van der Waals surface area contributed by atoms with Crippen LogP contribution < -0.4 is 5.32 Å². The van der Waals surface area contributed by atoms with Crippen LogP contribution in [0.25, 0.3) is 10.6 Å². The molecule has 2 heterocycles. The van der Waals surface area contributed by atoms with Gasteiger partial charge >= 0.3 is 0 Å². The van der Waals surface area contributed by atoms with E-state index >= 15 is 0 Å². The number of rotatable bonds is 3. The highest BCUT2D eigenvalue weighted by molar-refractivity contribution is 7.19. The number of thiophene rings is 1. The first-order valence-corrected chi connectivity index (χ1v) is 6.59. The quantitative estimate of drug-likeness (QED) is 0.918. The Hall–Kier alpha value is -0.840. The van der Waals surface area contributed by atoms with Crippen LogP contribution in [0.5, 0.6) is 0 Å². The van der Waals surface area contributed by atoms with Crippen LogP contribution in [-0.2, 0) is 6.54 Å².